The quantitative estimate of drug-likeness (QED) is 0.550. The van der Waals surface area contributed by atoms with E-state index in [9.17, 15) is 0 Å². The van der Waals surface area contributed by atoms with Crippen LogP contribution in [0.15, 0.2) is 23.2 Å². The molecule has 0 unspecified atom stereocenters. The van der Waals surface area contributed by atoms with Crippen molar-refractivity contribution in [3.05, 3.63) is 18.2 Å². The lowest BCUT2D eigenvalue weighted by molar-refractivity contribution is 0.174. The fraction of sp³-hybridized carbons (Fsp3) is 0.533. The largest absolute Gasteiger partial charge is 0.454 e. The SMILES string of the molecule is CC(C)CCN=C(NCCN)Nc1ccc2c(c1)OCO2. The Morgan fingerprint density at radius 1 is 1.33 bits per heavy atom. The van der Waals surface area contributed by atoms with Gasteiger partial charge in [0.05, 0.1) is 0 Å². The number of nitrogens with two attached hydrogens (primary N) is 1. The summed E-state index contributed by atoms with van der Waals surface area (Å²) in [5.41, 5.74) is 6.45. The van der Waals surface area contributed by atoms with Gasteiger partial charge in [-0.2, -0.15) is 0 Å². The Hall–Kier alpha value is -1.95. The van der Waals surface area contributed by atoms with E-state index in [-0.39, 0.29) is 6.79 Å². The first-order valence-electron chi connectivity index (χ1n) is 7.34. The molecule has 1 aliphatic rings. The maximum absolute atomic E-state index is 5.54. The van der Waals surface area contributed by atoms with Crippen LogP contribution in [0.4, 0.5) is 5.69 Å². The van der Waals surface area contributed by atoms with E-state index in [0.29, 0.717) is 19.0 Å². The molecule has 0 atom stereocenters. The van der Waals surface area contributed by atoms with Gasteiger partial charge in [-0.3, -0.25) is 4.99 Å². The lowest BCUT2D eigenvalue weighted by Crippen LogP contribution is -2.34. The van der Waals surface area contributed by atoms with Gasteiger partial charge in [-0.1, -0.05) is 13.8 Å². The highest BCUT2D eigenvalue weighted by Crippen LogP contribution is 2.34. The topological polar surface area (TPSA) is 80.9 Å². The Labute approximate surface area is 125 Å². The highest BCUT2D eigenvalue weighted by atomic mass is 16.7. The van der Waals surface area contributed by atoms with Crippen LogP contribution in [-0.4, -0.2) is 32.4 Å². The van der Waals surface area contributed by atoms with Gasteiger partial charge in [0.2, 0.25) is 6.79 Å². The molecule has 0 saturated carbocycles. The van der Waals surface area contributed by atoms with Gasteiger partial charge in [-0.15, -0.1) is 0 Å². The van der Waals surface area contributed by atoms with Crippen molar-refractivity contribution < 1.29 is 9.47 Å². The number of benzene rings is 1. The molecule has 0 fully saturated rings. The number of ether oxygens (including phenoxy) is 2. The van der Waals surface area contributed by atoms with Crippen molar-refractivity contribution in [1.82, 2.24) is 5.32 Å². The third-order valence-corrected chi connectivity index (χ3v) is 3.05. The fourth-order valence-corrected chi connectivity index (χ4v) is 1.88. The molecule has 2 rings (SSSR count). The number of nitrogens with one attached hydrogen (secondary N) is 2. The van der Waals surface area contributed by atoms with Crippen molar-refractivity contribution in [2.24, 2.45) is 16.6 Å². The number of nitrogens with zero attached hydrogens (tertiary/aromatic N) is 1. The lowest BCUT2D eigenvalue weighted by Gasteiger charge is -2.13. The first-order chi connectivity index (χ1) is 10.2. The summed E-state index contributed by atoms with van der Waals surface area (Å²) in [5, 5.41) is 6.47. The zero-order valence-electron chi connectivity index (χ0n) is 12.7. The highest BCUT2D eigenvalue weighted by molar-refractivity contribution is 5.94. The molecule has 0 amide bonds. The van der Waals surface area contributed by atoms with Crippen LogP contribution in [0.25, 0.3) is 0 Å². The number of rotatable bonds is 6. The molecule has 6 heteroatoms. The van der Waals surface area contributed by atoms with Crippen LogP contribution in [0.5, 0.6) is 11.5 Å². The number of aliphatic imine (C=N–C) groups is 1. The molecule has 0 aromatic heterocycles. The van der Waals surface area contributed by atoms with Gasteiger partial charge in [0.25, 0.3) is 0 Å². The molecule has 0 saturated heterocycles. The predicted molar refractivity (Wildman–Crippen MR) is 85.0 cm³/mol. The summed E-state index contributed by atoms with van der Waals surface area (Å²) in [7, 11) is 0. The van der Waals surface area contributed by atoms with E-state index in [4.69, 9.17) is 15.2 Å². The van der Waals surface area contributed by atoms with Crippen molar-refractivity contribution in [3.63, 3.8) is 0 Å². The molecule has 0 spiro atoms. The summed E-state index contributed by atoms with van der Waals surface area (Å²) in [6, 6.07) is 5.74. The maximum atomic E-state index is 5.54. The van der Waals surface area contributed by atoms with Gasteiger partial charge in [-0.25, -0.2) is 0 Å². The van der Waals surface area contributed by atoms with Gasteiger partial charge < -0.3 is 25.8 Å². The van der Waals surface area contributed by atoms with Crippen LogP contribution in [0.2, 0.25) is 0 Å². The van der Waals surface area contributed by atoms with Crippen LogP contribution in [0.1, 0.15) is 20.3 Å². The second-order valence-corrected chi connectivity index (χ2v) is 5.32. The molecule has 116 valence electrons. The van der Waals surface area contributed by atoms with E-state index in [1.165, 1.54) is 0 Å². The average molecular weight is 292 g/mol. The van der Waals surface area contributed by atoms with Crippen molar-refractivity contribution >= 4 is 11.6 Å². The zero-order chi connectivity index (χ0) is 15.1. The van der Waals surface area contributed by atoms with Gasteiger partial charge >= 0.3 is 0 Å². The van der Waals surface area contributed by atoms with Crippen molar-refractivity contribution in [2.45, 2.75) is 20.3 Å². The molecule has 21 heavy (non-hydrogen) atoms. The lowest BCUT2D eigenvalue weighted by atomic mass is 10.1. The van der Waals surface area contributed by atoms with Crippen molar-refractivity contribution in [3.8, 4) is 11.5 Å². The fourth-order valence-electron chi connectivity index (χ4n) is 1.88. The summed E-state index contributed by atoms with van der Waals surface area (Å²) in [4.78, 5) is 4.56. The second kappa shape index (κ2) is 7.73. The van der Waals surface area contributed by atoms with Gasteiger partial charge in [-0.05, 0) is 24.5 Å². The Bertz CT molecular complexity index is 489. The van der Waals surface area contributed by atoms with Crippen molar-refractivity contribution in [1.29, 1.82) is 0 Å². The molecule has 0 radical (unpaired) electrons. The minimum Gasteiger partial charge on any atom is -0.454 e. The Morgan fingerprint density at radius 3 is 2.90 bits per heavy atom. The number of guanidine groups is 1. The smallest absolute Gasteiger partial charge is 0.231 e. The third-order valence-electron chi connectivity index (χ3n) is 3.05. The minimum absolute atomic E-state index is 0.277. The first-order valence-corrected chi connectivity index (χ1v) is 7.34. The Kier molecular flexibility index (Phi) is 5.68. The van der Waals surface area contributed by atoms with E-state index >= 15 is 0 Å². The standard InChI is InChI=1S/C15H24N4O2/c1-11(2)5-7-17-15(18-8-6-16)19-12-3-4-13-14(9-12)21-10-20-13/h3-4,9,11H,5-8,10,16H2,1-2H3,(H2,17,18,19). The molecule has 1 heterocycles. The monoisotopic (exact) mass is 292 g/mol. The van der Waals surface area contributed by atoms with Crippen LogP contribution in [0, 0.1) is 5.92 Å². The number of fused-ring (bicyclic) bond motifs is 1. The normalized spacial score (nSPS) is 13.6. The van der Waals surface area contributed by atoms with E-state index in [1.807, 2.05) is 18.2 Å². The van der Waals surface area contributed by atoms with Crippen LogP contribution in [0.3, 0.4) is 0 Å². The molecule has 0 aliphatic carbocycles. The predicted octanol–water partition coefficient (Wildman–Crippen LogP) is 1.78. The molecule has 6 nitrogen and oxygen atoms in total. The summed E-state index contributed by atoms with van der Waals surface area (Å²) < 4.78 is 10.7. The minimum atomic E-state index is 0.277. The van der Waals surface area contributed by atoms with Gasteiger partial charge in [0.15, 0.2) is 17.5 Å². The Balaban J connectivity index is 1.99. The summed E-state index contributed by atoms with van der Waals surface area (Å²) >= 11 is 0. The third kappa shape index (κ3) is 4.82. The summed E-state index contributed by atoms with van der Waals surface area (Å²) in [5.74, 6) is 2.89. The zero-order valence-corrected chi connectivity index (χ0v) is 12.7. The van der Waals surface area contributed by atoms with Crippen LogP contribution >= 0.6 is 0 Å². The molecule has 1 aromatic rings. The molecule has 1 aromatic carbocycles. The number of hydrogen-bond acceptors (Lipinski definition) is 4. The molecule has 0 bridgehead atoms. The van der Waals surface area contributed by atoms with Crippen molar-refractivity contribution in [2.75, 3.05) is 31.7 Å². The van der Waals surface area contributed by atoms with Gasteiger partial charge in [0, 0.05) is 31.4 Å². The molecular formula is C15H24N4O2. The van der Waals surface area contributed by atoms with E-state index in [2.05, 4.69) is 29.5 Å². The number of anilines is 1. The highest BCUT2D eigenvalue weighted by Gasteiger charge is 2.13. The van der Waals surface area contributed by atoms with Crippen LogP contribution < -0.4 is 25.8 Å². The van der Waals surface area contributed by atoms with Crippen LogP contribution in [-0.2, 0) is 0 Å². The second-order valence-electron chi connectivity index (χ2n) is 5.32. The average Bonchev–Trinajstić information content (AvgIpc) is 2.91. The number of hydrogen-bond donors (Lipinski definition) is 3. The maximum Gasteiger partial charge on any atom is 0.231 e. The first kappa shape index (κ1) is 15.4. The van der Waals surface area contributed by atoms with E-state index in [1.54, 1.807) is 0 Å². The molecular weight excluding hydrogens is 268 g/mol. The Morgan fingerprint density at radius 2 is 2.14 bits per heavy atom. The van der Waals surface area contributed by atoms with E-state index < -0.39 is 0 Å². The van der Waals surface area contributed by atoms with Gasteiger partial charge in [0.1, 0.15) is 0 Å². The van der Waals surface area contributed by atoms with E-state index in [0.717, 1.165) is 36.1 Å². The summed E-state index contributed by atoms with van der Waals surface area (Å²) in [6.07, 6.45) is 1.05. The summed E-state index contributed by atoms with van der Waals surface area (Å²) in [6.45, 7) is 6.67. The molecule has 4 N–H and O–H groups in total. The molecule has 1 aliphatic heterocycles.